The quantitative estimate of drug-likeness (QED) is 0.451. The van der Waals surface area contributed by atoms with Crippen molar-refractivity contribution in [3.8, 4) is 11.9 Å². The molecule has 2 aromatic heterocycles. The minimum Gasteiger partial charge on any atom is -0.481 e. The number of hydrogen-bond acceptors (Lipinski definition) is 8. The number of ether oxygens (including phenoxy) is 2. The second kappa shape index (κ2) is 10.7. The number of para-hydroxylation sites is 1. The molecule has 1 atom stereocenters. The number of urea groups is 1. The molecule has 1 unspecified atom stereocenters. The van der Waals surface area contributed by atoms with E-state index in [2.05, 4.69) is 30.9 Å². The van der Waals surface area contributed by atoms with Crippen LogP contribution in [0.2, 0.25) is 0 Å². The Kier molecular flexibility index (Phi) is 7.45. The van der Waals surface area contributed by atoms with E-state index in [4.69, 9.17) is 9.47 Å². The maximum atomic E-state index is 12.7. The first-order valence-corrected chi connectivity index (χ1v) is 12.1. The van der Waals surface area contributed by atoms with Gasteiger partial charge in [0.2, 0.25) is 5.88 Å². The van der Waals surface area contributed by atoms with E-state index in [9.17, 15) is 9.59 Å². The normalized spacial score (nSPS) is 14.7. The summed E-state index contributed by atoms with van der Waals surface area (Å²) in [5.74, 6) is 0.384. The Balaban J connectivity index is 1.44. The molecule has 0 spiro atoms. The highest BCUT2D eigenvalue weighted by atomic mass is 32.1. The van der Waals surface area contributed by atoms with Crippen LogP contribution in [-0.2, 0) is 12.8 Å². The second-order valence-electron chi connectivity index (χ2n) is 8.40. The third-order valence-electron chi connectivity index (χ3n) is 5.51. The van der Waals surface area contributed by atoms with Gasteiger partial charge in [-0.3, -0.25) is 10.1 Å². The van der Waals surface area contributed by atoms with E-state index in [0.29, 0.717) is 22.3 Å². The number of anilines is 2. The molecule has 0 radical (unpaired) electrons. The SMILES string of the molecule is COc1cc(C2CCc3nc(NC(=O)Nc4ccccc4C(=O)NC(C)C)sc3C2)nc(OC)n1. The van der Waals surface area contributed by atoms with E-state index in [-0.39, 0.29) is 23.9 Å². The van der Waals surface area contributed by atoms with E-state index in [0.717, 1.165) is 35.5 Å². The first kappa shape index (κ1) is 24.4. The van der Waals surface area contributed by atoms with Crippen LogP contribution in [0.4, 0.5) is 15.6 Å². The molecule has 0 aliphatic heterocycles. The molecular weight excluding hydrogens is 468 g/mol. The highest BCUT2D eigenvalue weighted by Gasteiger charge is 2.26. The lowest BCUT2D eigenvalue weighted by molar-refractivity contribution is 0.0944. The molecule has 0 saturated heterocycles. The highest BCUT2D eigenvalue weighted by Crippen LogP contribution is 2.37. The lowest BCUT2D eigenvalue weighted by atomic mass is 9.88. The number of nitrogens with one attached hydrogen (secondary N) is 3. The van der Waals surface area contributed by atoms with Crippen molar-refractivity contribution in [3.05, 3.63) is 52.2 Å². The van der Waals surface area contributed by atoms with E-state index >= 15 is 0 Å². The Bertz CT molecular complexity index is 1210. The second-order valence-corrected chi connectivity index (χ2v) is 9.49. The number of rotatable bonds is 7. The number of aromatic nitrogens is 3. The van der Waals surface area contributed by atoms with Crippen LogP contribution in [-0.4, -0.2) is 47.2 Å². The van der Waals surface area contributed by atoms with Crippen LogP contribution in [0.15, 0.2) is 30.3 Å². The molecule has 3 amide bonds. The number of hydrogen-bond donors (Lipinski definition) is 3. The number of methoxy groups -OCH3 is 2. The van der Waals surface area contributed by atoms with Gasteiger partial charge in [-0.15, -0.1) is 11.3 Å². The van der Waals surface area contributed by atoms with E-state index in [1.165, 1.54) is 18.4 Å². The fraction of sp³-hybridized carbons (Fsp3) is 0.375. The van der Waals surface area contributed by atoms with Gasteiger partial charge in [0, 0.05) is 22.9 Å². The molecule has 1 aromatic carbocycles. The number of carbonyl (C=O) groups excluding carboxylic acids is 2. The Morgan fingerprint density at radius 2 is 1.89 bits per heavy atom. The van der Waals surface area contributed by atoms with Crippen LogP contribution in [0.1, 0.15) is 52.8 Å². The summed E-state index contributed by atoms with van der Waals surface area (Å²) in [6.45, 7) is 3.76. The van der Waals surface area contributed by atoms with E-state index in [1.807, 2.05) is 19.9 Å². The van der Waals surface area contributed by atoms with Crippen LogP contribution in [0.25, 0.3) is 0 Å². The van der Waals surface area contributed by atoms with Gasteiger partial charge in [-0.1, -0.05) is 12.1 Å². The zero-order valence-electron chi connectivity index (χ0n) is 20.0. The lowest BCUT2D eigenvalue weighted by Crippen LogP contribution is -2.31. The van der Waals surface area contributed by atoms with Crippen LogP contribution in [0, 0.1) is 0 Å². The van der Waals surface area contributed by atoms with E-state index < -0.39 is 6.03 Å². The Hall–Kier alpha value is -3.73. The van der Waals surface area contributed by atoms with Crippen molar-refractivity contribution >= 4 is 34.1 Å². The molecule has 3 N–H and O–H groups in total. The third kappa shape index (κ3) is 5.86. The predicted octanol–water partition coefficient (Wildman–Crippen LogP) is 4.01. The average molecular weight is 497 g/mol. The minimum atomic E-state index is -0.456. The smallest absolute Gasteiger partial charge is 0.325 e. The molecule has 1 aliphatic rings. The van der Waals surface area contributed by atoms with Crippen molar-refractivity contribution in [2.24, 2.45) is 0 Å². The molecule has 0 saturated carbocycles. The molecule has 184 valence electrons. The first-order chi connectivity index (χ1) is 16.9. The summed E-state index contributed by atoms with van der Waals surface area (Å²) >= 11 is 1.44. The van der Waals surface area contributed by atoms with Crippen LogP contribution >= 0.6 is 11.3 Å². The summed E-state index contributed by atoms with van der Waals surface area (Å²) in [5.41, 5.74) is 2.66. The van der Waals surface area contributed by atoms with Crippen molar-refractivity contribution in [2.75, 3.05) is 24.9 Å². The number of aryl methyl sites for hydroxylation is 1. The van der Waals surface area contributed by atoms with Crippen molar-refractivity contribution in [3.63, 3.8) is 0 Å². The number of nitrogens with zero attached hydrogens (tertiary/aromatic N) is 3. The number of thiazole rings is 1. The van der Waals surface area contributed by atoms with Gasteiger partial charge in [0.05, 0.1) is 36.9 Å². The van der Waals surface area contributed by atoms with Gasteiger partial charge in [0.15, 0.2) is 5.13 Å². The van der Waals surface area contributed by atoms with Crippen LogP contribution in [0.3, 0.4) is 0 Å². The Morgan fingerprint density at radius 1 is 1.09 bits per heavy atom. The van der Waals surface area contributed by atoms with Gasteiger partial charge in [-0.25, -0.2) is 9.78 Å². The summed E-state index contributed by atoms with van der Waals surface area (Å²) in [6.07, 6.45) is 2.38. The molecular formula is C24H28N6O4S. The minimum absolute atomic E-state index is 0.0145. The fourth-order valence-electron chi connectivity index (χ4n) is 3.89. The maximum Gasteiger partial charge on any atom is 0.325 e. The monoisotopic (exact) mass is 496 g/mol. The predicted molar refractivity (Wildman–Crippen MR) is 134 cm³/mol. The molecule has 1 aliphatic carbocycles. The molecule has 2 heterocycles. The van der Waals surface area contributed by atoms with Crippen LogP contribution < -0.4 is 25.4 Å². The molecule has 4 rings (SSSR count). The van der Waals surface area contributed by atoms with Crippen molar-refractivity contribution in [1.29, 1.82) is 0 Å². The summed E-state index contributed by atoms with van der Waals surface area (Å²) in [4.78, 5) is 39.5. The zero-order valence-corrected chi connectivity index (χ0v) is 20.9. The largest absolute Gasteiger partial charge is 0.481 e. The van der Waals surface area contributed by atoms with Gasteiger partial charge in [0.1, 0.15) is 0 Å². The van der Waals surface area contributed by atoms with Gasteiger partial charge >= 0.3 is 12.0 Å². The van der Waals surface area contributed by atoms with Gasteiger partial charge < -0.3 is 20.1 Å². The van der Waals surface area contributed by atoms with Gasteiger partial charge in [0.25, 0.3) is 5.91 Å². The summed E-state index contributed by atoms with van der Waals surface area (Å²) in [5, 5.41) is 8.92. The molecule has 11 heteroatoms. The van der Waals surface area contributed by atoms with Crippen LogP contribution in [0.5, 0.6) is 11.9 Å². The summed E-state index contributed by atoms with van der Waals surface area (Å²) in [7, 11) is 3.09. The third-order valence-corrected chi connectivity index (χ3v) is 6.55. The molecule has 0 bridgehead atoms. The lowest BCUT2D eigenvalue weighted by Gasteiger charge is -2.21. The fourth-order valence-corrected chi connectivity index (χ4v) is 4.97. The Morgan fingerprint density at radius 3 is 2.63 bits per heavy atom. The van der Waals surface area contributed by atoms with Crippen molar-refractivity contribution in [2.45, 2.75) is 45.1 Å². The average Bonchev–Trinajstić information content (AvgIpc) is 3.24. The highest BCUT2D eigenvalue weighted by molar-refractivity contribution is 7.15. The number of fused-ring (bicyclic) bond motifs is 1. The number of carbonyl (C=O) groups is 2. The summed E-state index contributed by atoms with van der Waals surface area (Å²) in [6, 6.07) is 8.52. The van der Waals surface area contributed by atoms with E-state index in [1.54, 1.807) is 31.4 Å². The molecule has 10 nitrogen and oxygen atoms in total. The maximum absolute atomic E-state index is 12.7. The molecule has 3 aromatic rings. The number of benzene rings is 1. The zero-order chi connectivity index (χ0) is 24.9. The van der Waals surface area contributed by atoms with Gasteiger partial charge in [-0.05, 0) is 45.2 Å². The number of amides is 3. The van der Waals surface area contributed by atoms with Gasteiger partial charge in [-0.2, -0.15) is 9.97 Å². The topological polar surface area (TPSA) is 127 Å². The summed E-state index contributed by atoms with van der Waals surface area (Å²) < 4.78 is 10.5. The van der Waals surface area contributed by atoms with Crippen molar-refractivity contribution in [1.82, 2.24) is 20.3 Å². The first-order valence-electron chi connectivity index (χ1n) is 11.3. The molecule has 35 heavy (non-hydrogen) atoms. The standard InChI is InChI=1S/C24H28N6O4S/c1-13(2)25-21(31)15-7-5-6-8-16(15)26-22(32)30-24-28-17-10-9-14(11-19(17)35-24)18-12-20(33-3)29-23(27-18)34-4/h5-8,12-14H,9-11H2,1-4H3,(H,25,31)(H2,26,28,30,32). The Labute approximate surface area is 207 Å². The van der Waals surface area contributed by atoms with Crippen molar-refractivity contribution < 1.29 is 19.1 Å². The molecule has 0 fully saturated rings.